The van der Waals surface area contributed by atoms with Crippen molar-refractivity contribution in [2.75, 3.05) is 19.8 Å². The van der Waals surface area contributed by atoms with Gasteiger partial charge in [0.1, 0.15) is 5.75 Å². The van der Waals surface area contributed by atoms with Gasteiger partial charge in [0.25, 0.3) is 5.89 Å². The van der Waals surface area contributed by atoms with Crippen LogP contribution >= 0.6 is 0 Å². The molecule has 6 nitrogen and oxygen atoms in total. The molecule has 0 amide bonds. The second-order valence-corrected chi connectivity index (χ2v) is 4.20. The highest BCUT2D eigenvalue weighted by Crippen LogP contribution is 2.14. The van der Waals surface area contributed by atoms with E-state index >= 15 is 0 Å². The Balaban J connectivity index is 1.90. The van der Waals surface area contributed by atoms with Gasteiger partial charge in [0.2, 0.25) is 0 Å². The molecule has 0 spiro atoms. The van der Waals surface area contributed by atoms with Crippen LogP contribution in [0.2, 0.25) is 0 Å². The van der Waals surface area contributed by atoms with Crippen molar-refractivity contribution in [2.45, 2.75) is 13.2 Å². The number of aromatic nitrogens is 2. The lowest BCUT2D eigenvalue weighted by molar-refractivity contribution is 0.242. The van der Waals surface area contributed by atoms with E-state index in [4.69, 9.17) is 15.0 Å². The van der Waals surface area contributed by atoms with Crippen LogP contribution in [0.3, 0.4) is 0 Å². The largest absolute Gasteiger partial charge is 0.484 e. The average molecular weight is 248 g/mol. The van der Waals surface area contributed by atoms with Crippen LogP contribution in [0.1, 0.15) is 11.7 Å². The van der Waals surface area contributed by atoms with E-state index in [-0.39, 0.29) is 6.61 Å². The molecule has 18 heavy (non-hydrogen) atoms. The van der Waals surface area contributed by atoms with Gasteiger partial charge in [0.05, 0.1) is 6.54 Å². The summed E-state index contributed by atoms with van der Waals surface area (Å²) in [7, 11) is 3.89. The Morgan fingerprint density at radius 3 is 2.67 bits per heavy atom. The summed E-state index contributed by atoms with van der Waals surface area (Å²) in [5.74, 6) is 1.83. The van der Waals surface area contributed by atoms with Gasteiger partial charge in [-0.25, -0.2) is 0 Å². The molecular weight excluding hydrogens is 232 g/mol. The average Bonchev–Trinajstić information content (AvgIpc) is 2.75. The van der Waals surface area contributed by atoms with Crippen LogP contribution in [0.25, 0.3) is 0 Å². The summed E-state index contributed by atoms with van der Waals surface area (Å²) in [6.45, 7) is 0.899. The molecule has 0 saturated carbocycles. The van der Waals surface area contributed by atoms with Gasteiger partial charge in [-0.05, 0) is 38.4 Å². The van der Waals surface area contributed by atoms with E-state index in [2.05, 4.69) is 10.1 Å². The predicted molar refractivity (Wildman–Crippen MR) is 66.9 cm³/mol. The molecule has 96 valence electrons. The van der Waals surface area contributed by atoms with Gasteiger partial charge in [-0.3, -0.25) is 0 Å². The Morgan fingerprint density at radius 2 is 2.00 bits per heavy atom. The number of hydrogen-bond donors (Lipinski definition) is 1. The Hall–Kier alpha value is -2.08. The smallest absolute Gasteiger partial charge is 0.264 e. The molecule has 0 aliphatic carbocycles. The SMILES string of the molecule is CN(C)Cc1noc(COc2ccc(N)cc2)n1. The molecular formula is C12H16N4O2. The van der Waals surface area contributed by atoms with Gasteiger partial charge in [-0.15, -0.1) is 0 Å². The first kappa shape index (κ1) is 12.4. The second-order valence-electron chi connectivity index (χ2n) is 4.20. The Kier molecular flexibility index (Phi) is 3.78. The van der Waals surface area contributed by atoms with Gasteiger partial charge in [-0.2, -0.15) is 4.98 Å². The number of rotatable bonds is 5. The molecule has 0 aliphatic rings. The van der Waals surface area contributed by atoms with E-state index in [0.717, 1.165) is 5.75 Å². The maximum Gasteiger partial charge on any atom is 0.264 e. The van der Waals surface area contributed by atoms with Crippen molar-refractivity contribution in [3.8, 4) is 5.75 Å². The lowest BCUT2D eigenvalue weighted by atomic mass is 10.3. The zero-order valence-corrected chi connectivity index (χ0v) is 10.5. The standard InChI is InChI=1S/C12H16N4O2/c1-16(2)7-11-14-12(18-15-11)8-17-10-5-3-9(13)4-6-10/h3-6H,7-8,13H2,1-2H3. The number of nitrogens with two attached hydrogens (primary N) is 1. The number of nitrogens with zero attached hydrogens (tertiary/aromatic N) is 3. The maximum atomic E-state index is 5.58. The normalized spacial score (nSPS) is 10.8. The summed E-state index contributed by atoms with van der Waals surface area (Å²) < 4.78 is 10.6. The Bertz CT molecular complexity index is 493. The van der Waals surface area contributed by atoms with Crippen LogP contribution in [-0.2, 0) is 13.2 Å². The summed E-state index contributed by atoms with van der Waals surface area (Å²) in [6, 6.07) is 7.15. The van der Waals surface area contributed by atoms with Crippen LogP contribution in [0.4, 0.5) is 5.69 Å². The molecule has 1 aromatic carbocycles. The molecule has 0 unspecified atom stereocenters. The molecule has 0 fully saturated rings. The minimum atomic E-state index is 0.254. The molecule has 0 saturated heterocycles. The highest BCUT2D eigenvalue weighted by Gasteiger charge is 2.07. The number of benzene rings is 1. The summed E-state index contributed by atoms with van der Waals surface area (Å²) >= 11 is 0. The van der Waals surface area contributed by atoms with E-state index in [1.165, 1.54) is 0 Å². The molecule has 6 heteroatoms. The lowest BCUT2D eigenvalue weighted by Gasteiger charge is -2.03. The van der Waals surface area contributed by atoms with Gasteiger partial charge < -0.3 is 19.9 Å². The third-order valence-corrected chi connectivity index (χ3v) is 2.21. The van der Waals surface area contributed by atoms with E-state index in [1.54, 1.807) is 24.3 Å². The van der Waals surface area contributed by atoms with Crippen molar-refractivity contribution < 1.29 is 9.26 Å². The second kappa shape index (κ2) is 5.50. The highest BCUT2D eigenvalue weighted by molar-refractivity contribution is 5.41. The summed E-state index contributed by atoms with van der Waals surface area (Å²) in [5.41, 5.74) is 6.28. The summed E-state index contributed by atoms with van der Waals surface area (Å²) in [4.78, 5) is 6.18. The van der Waals surface area contributed by atoms with Crippen molar-refractivity contribution in [1.82, 2.24) is 15.0 Å². The first-order chi connectivity index (χ1) is 8.63. The first-order valence-electron chi connectivity index (χ1n) is 5.58. The van der Waals surface area contributed by atoms with Crippen LogP contribution in [0.15, 0.2) is 28.8 Å². The number of hydrogen-bond acceptors (Lipinski definition) is 6. The summed E-state index contributed by atoms with van der Waals surface area (Å²) in [6.07, 6.45) is 0. The van der Waals surface area contributed by atoms with E-state index in [0.29, 0.717) is 23.9 Å². The zero-order valence-electron chi connectivity index (χ0n) is 10.5. The van der Waals surface area contributed by atoms with Crippen molar-refractivity contribution in [2.24, 2.45) is 0 Å². The minimum Gasteiger partial charge on any atom is -0.484 e. The molecule has 1 heterocycles. The van der Waals surface area contributed by atoms with Crippen molar-refractivity contribution >= 4 is 5.69 Å². The van der Waals surface area contributed by atoms with Crippen LogP contribution in [0.5, 0.6) is 5.75 Å². The fraction of sp³-hybridized carbons (Fsp3) is 0.333. The summed E-state index contributed by atoms with van der Waals surface area (Å²) in [5, 5.41) is 3.85. The molecule has 0 bridgehead atoms. The van der Waals surface area contributed by atoms with Crippen LogP contribution < -0.4 is 10.5 Å². The maximum absolute atomic E-state index is 5.58. The third kappa shape index (κ3) is 3.46. The topological polar surface area (TPSA) is 77.4 Å². The number of nitrogen functional groups attached to an aromatic ring is 1. The van der Waals surface area contributed by atoms with E-state index in [1.807, 2.05) is 19.0 Å². The molecule has 2 aromatic rings. The zero-order chi connectivity index (χ0) is 13.0. The van der Waals surface area contributed by atoms with Gasteiger partial charge in [-0.1, -0.05) is 5.16 Å². The van der Waals surface area contributed by atoms with Crippen LogP contribution in [0, 0.1) is 0 Å². The first-order valence-corrected chi connectivity index (χ1v) is 5.58. The fourth-order valence-corrected chi connectivity index (χ4v) is 1.40. The molecule has 0 aliphatic heterocycles. The fourth-order valence-electron chi connectivity index (χ4n) is 1.40. The van der Waals surface area contributed by atoms with Gasteiger partial charge >= 0.3 is 0 Å². The minimum absolute atomic E-state index is 0.254. The van der Waals surface area contributed by atoms with Crippen molar-refractivity contribution in [3.63, 3.8) is 0 Å². The lowest BCUT2D eigenvalue weighted by Crippen LogP contribution is -2.11. The molecule has 0 atom stereocenters. The quantitative estimate of drug-likeness (QED) is 0.803. The predicted octanol–water partition coefficient (Wildman–Crippen LogP) is 1.29. The van der Waals surface area contributed by atoms with Crippen molar-refractivity contribution in [3.05, 3.63) is 36.0 Å². The molecule has 1 aromatic heterocycles. The van der Waals surface area contributed by atoms with Gasteiger partial charge in [0.15, 0.2) is 12.4 Å². The van der Waals surface area contributed by atoms with E-state index in [9.17, 15) is 0 Å². The van der Waals surface area contributed by atoms with Crippen molar-refractivity contribution in [1.29, 1.82) is 0 Å². The highest BCUT2D eigenvalue weighted by atomic mass is 16.5. The third-order valence-electron chi connectivity index (χ3n) is 2.21. The Morgan fingerprint density at radius 1 is 1.28 bits per heavy atom. The molecule has 0 radical (unpaired) electrons. The van der Waals surface area contributed by atoms with Gasteiger partial charge in [0, 0.05) is 5.69 Å². The number of anilines is 1. The van der Waals surface area contributed by atoms with Crippen LogP contribution in [-0.4, -0.2) is 29.1 Å². The van der Waals surface area contributed by atoms with E-state index < -0.39 is 0 Å². The Labute approximate surface area is 105 Å². The monoisotopic (exact) mass is 248 g/mol. The number of ether oxygens (including phenoxy) is 1. The molecule has 2 rings (SSSR count). The molecule has 2 N–H and O–H groups in total.